The number of benzene rings is 3. The number of phenols is 1. The van der Waals surface area contributed by atoms with E-state index in [0.717, 1.165) is 76.5 Å². The van der Waals surface area contributed by atoms with Crippen LogP contribution in [0.1, 0.15) is 102 Å². The number of amides is 4. The van der Waals surface area contributed by atoms with Crippen molar-refractivity contribution in [2.75, 3.05) is 89.4 Å². The molecule has 424 valence electrons. The van der Waals surface area contributed by atoms with Gasteiger partial charge in [-0.05, 0) is 141 Å². The van der Waals surface area contributed by atoms with Gasteiger partial charge in [-0.3, -0.25) is 39.1 Å². The largest absolute Gasteiger partial charge is 0.508 e. The summed E-state index contributed by atoms with van der Waals surface area (Å²) in [5, 5.41) is 19.5. The van der Waals surface area contributed by atoms with Crippen molar-refractivity contribution in [1.29, 1.82) is 0 Å². The number of fused-ring (bicyclic) bond motifs is 4. The van der Waals surface area contributed by atoms with Crippen LogP contribution in [0.25, 0.3) is 32.9 Å². The number of aryl methyl sites for hydroxylation is 2. The van der Waals surface area contributed by atoms with Crippen LogP contribution in [-0.2, 0) is 35.6 Å². The van der Waals surface area contributed by atoms with Gasteiger partial charge in [-0.25, -0.2) is 8.78 Å². The number of pyridine rings is 1. The lowest BCUT2D eigenvalue weighted by molar-refractivity contribution is -0.136. The quantitative estimate of drug-likeness (QED) is 0.108. The average molecular weight is 1130 g/mol. The van der Waals surface area contributed by atoms with E-state index in [9.17, 15) is 24.3 Å². The van der Waals surface area contributed by atoms with Crippen LogP contribution in [-0.4, -0.2) is 159 Å². The molecule has 7 aliphatic rings. The zero-order valence-electron chi connectivity index (χ0n) is 46.1. The molecule has 1 spiro atoms. The first-order chi connectivity index (χ1) is 39.0. The number of nitrogens with zero attached hydrogens (tertiary/aromatic N) is 11. The first kappa shape index (κ1) is 53.3. The predicted molar refractivity (Wildman–Crippen MR) is 301 cm³/mol. The standard InChI is InChI=1S/C60H67ClF2N12O6/c1-4-40-44(62)9-6-36-25-39(76)26-42(48(36)40)51-50(63)52-43(29-64-51)54(73-16-5-17-75-46(32-73)49(61)53(68-75)57(80)69(2)3)67-58(66-52)81-34-60(12-13-60)33-71-18-14-59(15-19-71)27-35(28-59)30-70-20-22-72(23-21-70)38-7-8-41-37(24-38)31-74(56(41)79)45-10-11-47(77)65-55(45)78/h6-9,24-26,29,35,45,76H,4-5,10-23,27-28,30-34H2,1-3H3,(H,65,77,78)/t45-/m0/s1. The summed E-state index contributed by atoms with van der Waals surface area (Å²) in [5.74, 6) is -1.35. The first-order valence-electron chi connectivity index (χ1n) is 28.7. The number of carbonyl (C=O) groups is 4. The molecule has 3 aromatic carbocycles. The van der Waals surface area contributed by atoms with Gasteiger partial charge in [0.05, 0.1) is 29.3 Å². The van der Waals surface area contributed by atoms with Crippen molar-refractivity contribution in [2.24, 2.45) is 16.7 Å². The summed E-state index contributed by atoms with van der Waals surface area (Å²) < 4.78 is 41.2. The molecular weight excluding hydrogens is 1060 g/mol. The highest BCUT2D eigenvalue weighted by Crippen LogP contribution is 2.54. The lowest BCUT2D eigenvalue weighted by Gasteiger charge is -2.54. The Hall–Kier alpha value is -7.03. The number of anilines is 2. The molecule has 2 saturated carbocycles. The molecule has 6 aromatic rings. The van der Waals surface area contributed by atoms with Crippen LogP contribution < -0.4 is 19.9 Å². The fraction of sp³-hybridized carbons (Fsp3) is 0.500. The fourth-order valence-electron chi connectivity index (χ4n) is 14.0. The van der Waals surface area contributed by atoms with E-state index in [0.29, 0.717) is 95.6 Å². The minimum atomic E-state index is -0.754. The molecule has 8 heterocycles. The van der Waals surface area contributed by atoms with Crippen LogP contribution in [0.2, 0.25) is 5.02 Å². The van der Waals surface area contributed by atoms with E-state index in [4.69, 9.17) is 26.3 Å². The Balaban J connectivity index is 0.659. The number of likely N-dealkylation sites (tertiary alicyclic amines) is 1. The normalized spacial score (nSPS) is 21.1. The third-order valence-corrected chi connectivity index (χ3v) is 19.0. The second-order valence-electron chi connectivity index (χ2n) is 24.2. The molecule has 2 aliphatic carbocycles. The third-order valence-electron chi connectivity index (χ3n) is 18.6. The number of piperazine rings is 1. The first-order valence-corrected chi connectivity index (χ1v) is 29.1. The van der Waals surface area contributed by atoms with Crippen molar-refractivity contribution < 1.29 is 37.8 Å². The highest BCUT2D eigenvalue weighted by molar-refractivity contribution is 6.34. The second kappa shape index (κ2) is 20.7. The number of aromatic hydroxyl groups is 1. The van der Waals surface area contributed by atoms with Crippen molar-refractivity contribution in [1.82, 2.24) is 49.6 Å². The Kier molecular flexibility index (Phi) is 13.7. The fourth-order valence-corrected chi connectivity index (χ4v) is 14.3. The number of halogens is 3. The maximum atomic E-state index is 17.5. The Morgan fingerprint density at radius 1 is 0.901 bits per heavy atom. The van der Waals surface area contributed by atoms with E-state index in [1.807, 2.05) is 24.0 Å². The molecule has 0 unspecified atom stereocenters. The number of piperidine rings is 2. The molecule has 5 fully saturated rings. The molecular formula is C60H67ClF2N12O6. The highest BCUT2D eigenvalue weighted by Gasteiger charge is 2.50. The zero-order chi connectivity index (χ0) is 56.1. The van der Waals surface area contributed by atoms with Crippen molar-refractivity contribution in [3.05, 3.63) is 93.4 Å². The molecule has 2 N–H and O–H groups in total. The minimum Gasteiger partial charge on any atom is -0.508 e. The minimum absolute atomic E-state index is 0.0220. The van der Waals surface area contributed by atoms with E-state index in [-0.39, 0.29) is 75.4 Å². The van der Waals surface area contributed by atoms with E-state index in [1.165, 1.54) is 55.0 Å². The Labute approximate surface area is 473 Å². The van der Waals surface area contributed by atoms with Crippen LogP contribution in [0, 0.1) is 28.4 Å². The SMILES string of the molecule is CCc1c(F)ccc2cc(O)cc(-c3ncc4c(N5CCCn6nc(C(=O)N(C)C)c(Cl)c6C5)nc(OCC5(CN6CCC7(CC6)CC(CN6CCN(c8ccc9c(c8)CN([C@H]8CCC(=O)NC8=O)C9=O)CC6)C7)CC5)nc4c3F)c12. The number of phenolic OH excluding ortho intramolecular Hbond substituents is 1. The van der Waals surface area contributed by atoms with Gasteiger partial charge >= 0.3 is 6.01 Å². The van der Waals surface area contributed by atoms with Gasteiger partial charge < -0.3 is 34.3 Å². The van der Waals surface area contributed by atoms with Crippen LogP contribution in [0.4, 0.5) is 20.3 Å². The molecule has 21 heteroatoms. The number of nitrogens with one attached hydrogen (secondary N) is 1. The number of hydrogen-bond donors (Lipinski definition) is 2. The summed E-state index contributed by atoms with van der Waals surface area (Å²) in [6.07, 6.45) is 9.92. The molecule has 5 aliphatic heterocycles. The van der Waals surface area contributed by atoms with E-state index in [1.54, 1.807) is 29.7 Å². The molecule has 1 atom stereocenters. The smallest absolute Gasteiger partial charge is 0.319 e. The number of carbonyl (C=O) groups excluding carboxylic acids is 4. The van der Waals surface area contributed by atoms with Crippen LogP contribution in [0.5, 0.6) is 11.8 Å². The number of rotatable bonds is 13. The molecule has 18 nitrogen and oxygen atoms in total. The van der Waals surface area contributed by atoms with Gasteiger partial charge in [-0.2, -0.15) is 15.1 Å². The highest BCUT2D eigenvalue weighted by atomic mass is 35.5. The second-order valence-corrected chi connectivity index (χ2v) is 24.5. The summed E-state index contributed by atoms with van der Waals surface area (Å²) in [6.45, 7) is 11.6. The van der Waals surface area contributed by atoms with Gasteiger partial charge in [0.25, 0.3) is 11.8 Å². The molecule has 13 rings (SSSR count). The van der Waals surface area contributed by atoms with Gasteiger partial charge in [-0.1, -0.05) is 24.6 Å². The summed E-state index contributed by atoms with van der Waals surface area (Å²) in [6, 6.07) is 11.3. The number of imide groups is 1. The van der Waals surface area contributed by atoms with Crippen molar-refractivity contribution in [3.8, 4) is 23.0 Å². The number of ether oxygens (including phenoxy) is 1. The zero-order valence-corrected chi connectivity index (χ0v) is 46.8. The van der Waals surface area contributed by atoms with Gasteiger partial charge in [0.1, 0.15) is 34.6 Å². The molecule has 0 bridgehead atoms. The maximum absolute atomic E-state index is 17.5. The van der Waals surface area contributed by atoms with Crippen LogP contribution >= 0.6 is 11.6 Å². The Morgan fingerprint density at radius 3 is 2.43 bits per heavy atom. The summed E-state index contributed by atoms with van der Waals surface area (Å²) in [7, 11) is 3.30. The van der Waals surface area contributed by atoms with Gasteiger partial charge in [-0.15, -0.1) is 0 Å². The predicted octanol–water partition coefficient (Wildman–Crippen LogP) is 7.59. The van der Waals surface area contributed by atoms with Crippen molar-refractivity contribution in [2.45, 2.75) is 96.8 Å². The number of aromatic nitrogens is 5. The monoisotopic (exact) mass is 1120 g/mol. The number of hydrogen-bond acceptors (Lipinski definition) is 14. The Bertz CT molecular complexity index is 3550. The maximum Gasteiger partial charge on any atom is 0.319 e. The average Bonchev–Trinajstić information content (AvgIpc) is 4.18. The summed E-state index contributed by atoms with van der Waals surface area (Å²) in [4.78, 5) is 77.7. The topological polar surface area (TPSA) is 186 Å². The lowest BCUT2D eigenvalue weighted by Crippen LogP contribution is -2.53. The van der Waals surface area contributed by atoms with Gasteiger partial charge in [0, 0.05) is 108 Å². The molecule has 3 aromatic heterocycles. The van der Waals surface area contributed by atoms with E-state index < -0.39 is 23.6 Å². The molecule has 3 saturated heterocycles. The van der Waals surface area contributed by atoms with Crippen LogP contribution in [0.3, 0.4) is 0 Å². The van der Waals surface area contributed by atoms with E-state index in [2.05, 4.69) is 36.2 Å². The molecule has 81 heavy (non-hydrogen) atoms. The molecule has 4 amide bonds. The summed E-state index contributed by atoms with van der Waals surface area (Å²) in [5.41, 5.74) is 4.28. The van der Waals surface area contributed by atoms with Gasteiger partial charge in [0.15, 0.2) is 11.5 Å². The van der Waals surface area contributed by atoms with Crippen molar-refractivity contribution >= 4 is 68.4 Å². The van der Waals surface area contributed by atoms with Crippen molar-refractivity contribution in [3.63, 3.8) is 0 Å². The van der Waals surface area contributed by atoms with Gasteiger partial charge in [0.2, 0.25) is 11.8 Å². The molecule has 0 radical (unpaired) electrons. The third kappa shape index (κ3) is 9.87. The van der Waals surface area contributed by atoms with Crippen LogP contribution in [0.15, 0.2) is 48.7 Å². The van der Waals surface area contributed by atoms with E-state index >= 15 is 8.78 Å². The lowest BCUT2D eigenvalue weighted by atomic mass is 9.57. The summed E-state index contributed by atoms with van der Waals surface area (Å²) >= 11 is 6.92. The Morgan fingerprint density at radius 2 is 1.69 bits per heavy atom.